The maximum absolute atomic E-state index is 5.98. The summed E-state index contributed by atoms with van der Waals surface area (Å²) in [6.07, 6.45) is 2.41. The number of likely N-dealkylation sites (tertiary alicyclic amines) is 1. The summed E-state index contributed by atoms with van der Waals surface area (Å²) in [6.45, 7) is 7.61. The molecule has 0 unspecified atom stereocenters. The van der Waals surface area contributed by atoms with Gasteiger partial charge in [0.05, 0.1) is 25.5 Å². The molecule has 0 aliphatic carbocycles. The van der Waals surface area contributed by atoms with Crippen LogP contribution >= 0.6 is 0 Å². The van der Waals surface area contributed by atoms with Crippen LogP contribution in [0.15, 0.2) is 16.5 Å². The molecule has 0 spiro atoms. The predicted molar refractivity (Wildman–Crippen MR) is 102 cm³/mol. The summed E-state index contributed by atoms with van der Waals surface area (Å²) in [5.41, 5.74) is 8.62. The molecule has 2 heterocycles. The standard InChI is InChI=1S/C20H29N3O3/c1-13-18(24-3)8-7-16(19(13)25-4)20-22-17(14(2)26-20)12-23-9-5-6-15(10-21)11-23/h7-8,15H,5-6,9-12,21H2,1-4H3/t15-/m0/s1. The Kier molecular flexibility index (Phi) is 5.84. The Balaban J connectivity index is 1.85. The number of methoxy groups -OCH3 is 2. The lowest BCUT2D eigenvalue weighted by Crippen LogP contribution is -2.38. The van der Waals surface area contributed by atoms with E-state index in [1.807, 2.05) is 26.0 Å². The third kappa shape index (κ3) is 3.71. The van der Waals surface area contributed by atoms with Crippen molar-refractivity contribution in [2.75, 3.05) is 33.9 Å². The Morgan fingerprint density at radius 1 is 1.27 bits per heavy atom. The molecule has 2 N–H and O–H groups in total. The maximum atomic E-state index is 5.98. The summed E-state index contributed by atoms with van der Waals surface area (Å²) >= 11 is 0. The van der Waals surface area contributed by atoms with Crippen molar-refractivity contribution in [2.45, 2.75) is 33.2 Å². The first kappa shape index (κ1) is 18.7. The minimum absolute atomic E-state index is 0.583. The smallest absolute Gasteiger partial charge is 0.230 e. The Hall–Kier alpha value is -2.05. The van der Waals surface area contributed by atoms with Gasteiger partial charge in [-0.25, -0.2) is 4.98 Å². The molecule has 6 heteroatoms. The number of piperidine rings is 1. The number of oxazole rings is 1. The van der Waals surface area contributed by atoms with E-state index in [4.69, 9.17) is 24.6 Å². The molecule has 142 valence electrons. The second kappa shape index (κ2) is 8.10. The van der Waals surface area contributed by atoms with Crippen LogP contribution in [0.5, 0.6) is 11.5 Å². The Labute approximate surface area is 155 Å². The average molecular weight is 359 g/mol. The molecular weight excluding hydrogens is 330 g/mol. The van der Waals surface area contributed by atoms with Crippen molar-refractivity contribution in [3.63, 3.8) is 0 Å². The van der Waals surface area contributed by atoms with Crippen LogP contribution in [-0.4, -0.2) is 43.7 Å². The highest BCUT2D eigenvalue weighted by molar-refractivity contribution is 5.68. The summed E-state index contributed by atoms with van der Waals surface area (Å²) in [4.78, 5) is 7.19. The van der Waals surface area contributed by atoms with E-state index in [1.165, 1.54) is 12.8 Å². The molecule has 0 saturated carbocycles. The van der Waals surface area contributed by atoms with Crippen LogP contribution in [0.2, 0.25) is 0 Å². The van der Waals surface area contributed by atoms with Gasteiger partial charge in [0, 0.05) is 18.7 Å². The molecular formula is C20H29N3O3. The molecule has 1 fully saturated rings. The number of hydrogen-bond acceptors (Lipinski definition) is 6. The SMILES string of the molecule is COc1ccc(-c2nc(CN3CCC[C@@H](CN)C3)c(C)o2)c(OC)c1C. The van der Waals surface area contributed by atoms with Crippen molar-refractivity contribution >= 4 is 0 Å². The van der Waals surface area contributed by atoms with Gasteiger partial charge >= 0.3 is 0 Å². The Bertz CT molecular complexity index is 757. The van der Waals surface area contributed by atoms with E-state index in [2.05, 4.69) is 4.90 Å². The van der Waals surface area contributed by atoms with E-state index in [0.29, 0.717) is 11.8 Å². The van der Waals surface area contributed by atoms with Crippen molar-refractivity contribution in [3.05, 3.63) is 29.2 Å². The van der Waals surface area contributed by atoms with Gasteiger partial charge in [-0.15, -0.1) is 0 Å². The first-order valence-corrected chi connectivity index (χ1v) is 9.18. The van der Waals surface area contributed by atoms with E-state index in [9.17, 15) is 0 Å². The van der Waals surface area contributed by atoms with Crippen LogP contribution in [0.4, 0.5) is 0 Å². The largest absolute Gasteiger partial charge is 0.496 e. The van der Waals surface area contributed by atoms with Crippen molar-refractivity contribution in [2.24, 2.45) is 11.7 Å². The summed E-state index contributed by atoms with van der Waals surface area (Å²) in [5.74, 6) is 3.55. The zero-order chi connectivity index (χ0) is 18.7. The first-order chi connectivity index (χ1) is 12.6. The zero-order valence-corrected chi connectivity index (χ0v) is 16.2. The Morgan fingerprint density at radius 3 is 2.77 bits per heavy atom. The van der Waals surface area contributed by atoms with Crippen LogP contribution in [0, 0.1) is 19.8 Å². The summed E-state index contributed by atoms with van der Waals surface area (Å²) in [5, 5.41) is 0. The second-order valence-electron chi connectivity index (χ2n) is 6.97. The quantitative estimate of drug-likeness (QED) is 0.854. The van der Waals surface area contributed by atoms with E-state index < -0.39 is 0 Å². The number of nitrogens with two attached hydrogens (primary N) is 1. The summed E-state index contributed by atoms with van der Waals surface area (Å²) < 4.78 is 17.0. The second-order valence-corrected chi connectivity index (χ2v) is 6.97. The molecule has 6 nitrogen and oxygen atoms in total. The fourth-order valence-corrected chi connectivity index (χ4v) is 3.72. The average Bonchev–Trinajstić information content (AvgIpc) is 3.01. The van der Waals surface area contributed by atoms with Gasteiger partial charge in [0.1, 0.15) is 17.3 Å². The number of aryl methyl sites for hydroxylation is 1. The summed E-state index contributed by atoms with van der Waals surface area (Å²) in [7, 11) is 3.31. The van der Waals surface area contributed by atoms with E-state index >= 15 is 0 Å². The minimum Gasteiger partial charge on any atom is -0.496 e. The van der Waals surface area contributed by atoms with Gasteiger partial charge in [-0.2, -0.15) is 0 Å². The lowest BCUT2D eigenvalue weighted by atomic mass is 9.98. The van der Waals surface area contributed by atoms with Crippen LogP contribution < -0.4 is 15.2 Å². The molecule has 0 radical (unpaired) electrons. The number of ether oxygens (including phenoxy) is 2. The molecule has 0 amide bonds. The molecule has 0 bridgehead atoms. The van der Waals surface area contributed by atoms with Crippen molar-refractivity contribution in [3.8, 4) is 23.0 Å². The van der Waals surface area contributed by atoms with Crippen LogP contribution in [0.25, 0.3) is 11.5 Å². The number of rotatable bonds is 6. The van der Waals surface area contributed by atoms with Crippen molar-refractivity contribution < 1.29 is 13.9 Å². The topological polar surface area (TPSA) is 73.8 Å². The van der Waals surface area contributed by atoms with E-state index in [1.54, 1.807) is 14.2 Å². The third-order valence-corrected chi connectivity index (χ3v) is 5.21. The van der Waals surface area contributed by atoms with Gasteiger partial charge in [-0.3, -0.25) is 4.90 Å². The van der Waals surface area contributed by atoms with E-state index in [0.717, 1.165) is 60.3 Å². The molecule has 1 aromatic heterocycles. The highest BCUT2D eigenvalue weighted by Crippen LogP contribution is 2.38. The van der Waals surface area contributed by atoms with Crippen LogP contribution in [-0.2, 0) is 6.54 Å². The normalized spacial score (nSPS) is 18.1. The van der Waals surface area contributed by atoms with Crippen molar-refractivity contribution in [1.29, 1.82) is 0 Å². The van der Waals surface area contributed by atoms with Gasteiger partial charge in [-0.05, 0) is 57.8 Å². The molecule has 1 aliphatic heterocycles. The number of benzene rings is 1. The molecule has 1 aromatic carbocycles. The van der Waals surface area contributed by atoms with Crippen LogP contribution in [0.3, 0.4) is 0 Å². The lowest BCUT2D eigenvalue weighted by molar-refractivity contribution is 0.169. The fraction of sp³-hybridized carbons (Fsp3) is 0.550. The van der Waals surface area contributed by atoms with Crippen LogP contribution in [0.1, 0.15) is 29.9 Å². The minimum atomic E-state index is 0.583. The van der Waals surface area contributed by atoms with Gasteiger partial charge < -0.3 is 19.6 Å². The predicted octanol–water partition coefficient (Wildman–Crippen LogP) is 3.15. The zero-order valence-electron chi connectivity index (χ0n) is 16.2. The lowest BCUT2D eigenvalue weighted by Gasteiger charge is -2.31. The third-order valence-electron chi connectivity index (χ3n) is 5.21. The van der Waals surface area contributed by atoms with Crippen molar-refractivity contribution in [1.82, 2.24) is 9.88 Å². The molecule has 3 rings (SSSR count). The highest BCUT2D eigenvalue weighted by atomic mass is 16.5. The molecule has 1 aliphatic rings. The van der Waals surface area contributed by atoms with Gasteiger partial charge in [0.2, 0.25) is 5.89 Å². The highest BCUT2D eigenvalue weighted by Gasteiger charge is 2.23. The fourth-order valence-electron chi connectivity index (χ4n) is 3.72. The number of nitrogens with zero attached hydrogens (tertiary/aromatic N) is 2. The van der Waals surface area contributed by atoms with Gasteiger partial charge in [0.15, 0.2) is 0 Å². The molecule has 2 aromatic rings. The monoisotopic (exact) mass is 359 g/mol. The molecule has 1 atom stereocenters. The number of hydrogen-bond donors (Lipinski definition) is 1. The van der Waals surface area contributed by atoms with Gasteiger partial charge in [-0.1, -0.05) is 0 Å². The molecule has 1 saturated heterocycles. The van der Waals surface area contributed by atoms with Gasteiger partial charge in [0.25, 0.3) is 0 Å². The Morgan fingerprint density at radius 2 is 2.08 bits per heavy atom. The van der Waals surface area contributed by atoms with E-state index in [-0.39, 0.29) is 0 Å². The maximum Gasteiger partial charge on any atom is 0.230 e. The number of aromatic nitrogens is 1. The molecule has 26 heavy (non-hydrogen) atoms. The summed E-state index contributed by atoms with van der Waals surface area (Å²) in [6, 6.07) is 3.86. The first-order valence-electron chi connectivity index (χ1n) is 9.18.